The minimum Gasteiger partial charge on any atom is -0.444 e. The lowest BCUT2D eigenvalue weighted by Gasteiger charge is -2.22. The van der Waals surface area contributed by atoms with Gasteiger partial charge in [0, 0.05) is 6.54 Å². The van der Waals surface area contributed by atoms with Gasteiger partial charge in [0.05, 0.1) is 12.6 Å². The Balaban J connectivity index is 4.11. The Morgan fingerprint density at radius 1 is 1.25 bits per heavy atom. The Labute approximate surface area is 114 Å². The van der Waals surface area contributed by atoms with Gasteiger partial charge in [-0.1, -0.05) is 0 Å². The molecule has 0 aliphatic rings. The van der Waals surface area contributed by atoms with Crippen LogP contribution in [0.3, 0.4) is 0 Å². The summed E-state index contributed by atoms with van der Waals surface area (Å²) in [5.41, 5.74) is -0.728. The largest absolute Gasteiger partial charge is 0.471 e. The van der Waals surface area contributed by atoms with Crippen molar-refractivity contribution in [1.82, 2.24) is 10.6 Å². The summed E-state index contributed by atoms with van der Waals surface area (Å²) >= 11 is 0. The Bertz CT molecular complexity index is 340. The van der Waals surface area contributed by atoms with Gasteiger partial charge in [0.15, 0.2) is 0 Å². The lowest BCUT2D eigenvalue weighted by atomic mass is 10.2. The third-order valence-corrected chi connectivity index (χ3v) is 1.98. The van der Waals surface area contributed by atoms with Gasteiger partial charge in [-0.05, 0) is 27.2 Å². The summed E-state index contributed by atoms with van der Waals surface area (Å²) in [6, 6.07) is -0.807. The molecule has 6 nitrogen and oxygen atoms in total. The third kappa shape index (κ3) is 8.57. The highest BCUT2D eigenvalue weighted by Crippen LogP contribution is 2.14. The lowest BCUT2D eigenvalue weighted by molar-refractivity contribution is -0.173. The van der Waals surface area contributed by atoms with E-state index in [1.807, 2.05) is 0 Å². The molecule has 0 bridgehead atoms. The Hall–Kier alpha value is -1.51. The molecular weight excluding hydrogens is 281 g/mol. The first-order valence-electron chi connectivity index (χ1n) is 5.91. The summed E-state index contributed by atoms with van der Waals surface area (Å²) in [6.45, 7) is 4.11. The Morgan fingerprint density at radius 2 is 1.80 bits per heavy atom. The first-order valence-corrected chi connectivity index (χ1v) is 5.91. The van der Waals surface area contributed by atoms with E-state index < -0.39 is 36.4 Å². The van der Waals surface area contributed by atoms with E-state index in [0.29, 0.717) is 0 Å². The fraction of sp³-hybridized carbons (Fsp3) is 0.818. The Kier molecular flexibility index (Phi) is 6.77. The van der Waals surface area contributed by atoms with Gasteiger partial charge in [-0.25, -0.2) is 4.79 Å². The number of hydrogen-bond donors (Lipinski definition) is 3. The molecule has 1 atom stereocenters. The van der Waals surface area contributed by atoms with Crippen molar-refractivity contribution in [2.75, 3.05) is 13.2 Å². The molecule has 0 spiro atoms. The number of alkyl carbamates (subject to hydrolysis) is 1. The standard InChI is InChI=1S/C11H19F3N2O4/c1-10(2,3)20-9(19)16-7(6-17)4-5-15-8(18)11(12,13)14/h7,17H,4-6H2,1-3H3,(H,15,18)(H,16,19)/t7-/m0/s1. The van der Waals surface area contributed by atoms with Crippen molar-refractivity contribution < 1.29 is 32.6 Å². The second kappa shape index (κ2) is 7.32. The maximum Gasteiger partial charge on any atom is 0.471 e. The molecule has 0 aromatic rings. The number of alkyl halides is 3. The molecule has 0 radical (unpaired) electrons. The number of halogens is 3. The van der Waals surface area contributed by atoms with Crippen LogP contribution >= 0.6 is 0 Å². The maximum absolute atomic E-state index is 11.9. The summed E-state index contributed by atoms with van der Waals surface area (Å²) in [7, 11) is 0. The van der Waals surface area contributed by atoms with Crippen molar-refractivity contribution in [3.05, 3.63) is 0 Å². The lowest BCUT2D eigenvalue weighted by Crippen LogP contribution is -2.44. The Morgan fingerprint density at radius 3 is 2.20 bits per heavy atom. The van der Waals surface area contributed by atoms with E-state index in [1.165, 1.54) is 0 Å². The normalized spacial score (nSPS) is 13.6. The predicted molar refractivity (Wildman–Crippen MR) is 63.9 cm³/mol. The molecule has 0 fully saturated rings. The summed E-state index contributed by atoms with van der Waals surface area (Å²) in [4.78, 5) is 21.9. The minimum absolute atomic E-state index is 0.0580. The topological polar surface area (TPSA) is 87.7 Å². The van der Waals surface area contributed by atoms with Crippen molar-refractivity contribution in [2.45, 2.75) is 45.0 Å². The van der Waals surface area contributed by atoms with Crippen LogP contribution in [0.15, 0.2) is 0 Å². The average molecular weight is 300 g/mol. The predicted octanol–water partition coefficient (Wildman–Crippen LogP) is 0.941. The number of nitrogens with one attached hydrogen (secondary N) is 2. The average Bonchev–Trinajstić information content (AvgIpc) is 2.23. The zero-order valence-electron chi connectivity index (χ0n) is 11.5. The number of hydrogen-bond acceptors (Lipinski definition) is 4. The van der Waals surface area contributed by atoms with Gasteiger partial charge in [-0.3, -0.25) is 4.79 Å². The van der Waals surface area contributed by atoms with Gasteiger partial charge in [0.1, 0.15) is 5.60 Å². The van der Waals surface area contributed by atoms with E-state index in [4.69, 9.17) is 9.84 Å². The third-order valence-electron chi connectivity index (χ3n) is 1.98. The maximum atomic E-state index is 11.9. The summed E-state index contributed by atoms with van der Waals surface area (Å²) < 4.78 is 40.6. The van der Waals surface area contributed by atoms with Crippen LogP contribution in [-0.2, 0) is 9.53 Å². The highest BCUT2D eigenvalue weighted by Gasteiger charge is 2.38. The van der Waals surface area contributed by atoms with Crippen LogP contribution in [-0.4, -0.2) is 48.1 Å². The van der Waals surface area contributed by atoms with Gasteiger partial charge in [0.25, 0.3) is 0 Å². The van der Waals surface area contributed by atoms with Crippen LogP contribution in [0.2, 0.25) is 0 Å². The molecule has 0 saturated heterocycles. The number of rotatable bonds is 5. The molecule has 0 aliphatic heterocycles. The van der Waals surface area contributed by atoms with Crippen molar-refractivity contribution in [1.29, 1.82) is 0 Å². The molecule has 0 rings (SSSR count). The second-order valence-corrected chi connectivity index (χ2v) is 5.07. The molecule has 0 aromatic carbocycles. The SMILES string of the molecule is CC(C)(C)OC(=O)N[C@H](CO)CCNC(=O)C(F)(F)F. The fourth-order valence-corrected chi connectivity index (χ4v) is 1.14. The van der Waals surface area contributed by atoms with Crippen LogP contribution < -0.4 is 10.6 Å². The number of aliphatic hydroxyl groups excluding tert-OH is 1. The number of amides is 2. The molecule has 118 valence electrons. The van der Waals surface area contributed by atoms with E-state index in [9.17, 15) is 22.8 Å². The number of aliphatic hydroxyl groups is 1. The van der Waals surface area contributed by atoms with E-state index in [-0.39, 0.29) is 13.0 Å². The van der Waals surface area contributed by atoms with E-state index >= 15 is 0 Å². The zero-order valence-corrected chi connectivity index (χ0v) is 11.5. The molecule has 9 heteroatoms. The van der Waals surface area contributed by atoms with Crippen LogP contribution in [0, 0.1) is 0 Å². The molecule has 0 aromatic heterocycles. The minimum atomic E-state index is -4.95. The summed E-state index contributed by atoms with van der Waals surface area (Å²) in [5, 5.41) is 12.9. The highest BCUT2D eigenvalue weighted by atomic mass is 19.4. The molecule has 0 unspecified atom stereocenters. The van der Waals surface area contributed by atoms with E-state index in [2.05, 4.69) is 5.32 Å². The number of ether oxygens (including phenoxy) is 1. The van der Waals surface area contributed by atoms with Crippen molar-refractivity contribution in [2.24, 2.45) is 0 Å². The molecule has 2 amide bonds. The van der Waals surface area contributed by atoms with Crippen molar-refractivity contribution in [3.8, 4) is 0 Å². The molecular formula is C11H19F3N2O4. The second-order valence-electron chi connectivity index (χ2n) is 5.07. The summed E-state index contributed by atoms with van der Waals surface area (Å²) in [6.07, 6.45) is -5.80. The quantitative estimate of drug-likeness (QED) is 0.705. The van der Waals surface area contributed by atoms with E-state index in [0.717, 1.165) is 0 Å². The molecule has 3 N–H and O–H groups in total. The first-order chi connectivity index (χ1) is 8.95. The zero-order chi connectivity index (χ0) is 16.0. The fourth-order valence-electron chi connectivity index (χ4n) is 1.14. The van der Waals surface area contributed by atoms with Gasteiger partial charge in [-0.2, -0.15) is 13.2 Å². The highest BCUT2D eigenvalue weighted by molar-refractivity contribution is 5.81. The van der Waals surface area contributed by atoms with Crippen molar-refractivity contribution in [3.63, 3.8) is 0 Å². The van der Waals surface area contributed by atoms with Crippen LogP contribution in [0.4, 0.5) is 18.0 Å². The smallest absolute Gasteiger partial charge is 0.444 e. The molecule has 20 heavy (non-hydrogen) atoms. The molecule has 0 aliphatic carbocycles. The van der Waals surface area contributed by atoms with Crippen LogP contribution in [0.25, 0.3) is 0 Å². The molecule has 0 saturated carbocycles. The van der Waals surface area contributed by atoms with Crippen LogP contribution in [0.5, 0.6) is 0 Å². The molecule has 0 heterocycles. The summed E-state index contributed by atoms with van der Waals surface area (Å²) in [5.74, 6) is -2.06. The number of carbonyl (C=O) groups is 2. The van der Waals surface area contributed by atoms with Crippen LogP contribution in [0.1, 0.15) is 27.2 Å². The van der Waals surface area contributed by atoms with Gasteiger partial charge < -0.3 is 20.5 Å². The van der Waals surface area contributed by atoms with Crippen molar-refractivity contribution >= 4 is 12.0 Å². The van der Waals surface area contributed by atoms with Gasteiger partial charge in [-0.15, -0.1) is 0 Å². The monoisotopic (exact) mass is 300 g/mol. The van der Waals surface area contributed by atoms with E-state index in [1.54, 1.807) is 26.1 Å². The first kappa shape index (κ1) is 18.5. The van der Waals surface area contributed by atoms with Gasteiger partial charge in [0.2, 0.25) is 0 Å². The number of carbonyl (C=O) groups excluding carboxylic acids is 2. The van der Waals surface area contributed by atoms with Gasteiger partial charge >= 0.3 is 18.2 Å².